The van der Waals surface area contributed by atoms with Crippen LogP contribution < -0.4 is 5.73 Å². The first-order valence-corrected chi connectivity index (χ1v) is 4.83. The highest BCUT2D eigenvalue weighted by Gasteiger charge is 2.06. The van der Waals surface area contributed by atoms with Gasteiger partial charge in [0.2, 0.25) is 5.82 Å². The van der Waals surface area contributed by atoms with Crippen molar-refractivity contribution in [1.82, 2.24) is 15.2 Å². The molecule has 1 heterocycles. The van der Waals surface area contributed by atoms with Gasteiger partial charge in [-0.05, 0) is 6.26 Å². The second-order valence-electron chi connectivity index (χ2n) is 2.21. The number of nitrogens with one attached hydrogen (secondary N) is 1. The Bertz CT molecular complexity index is 272. The summed E-state index contributed by atoms with van der Waals surface area (Å²) in [7, 11) is 0. The zero-order valence-electron chi connectivity index (χ0n) is 6.70. The number of aromatic amines is 1. The molecule has 0 aliphatic heterocycles. The predicted molar refractivity (Wildman–Crippen MR) is 47.0 cm³/mol. The standard InChI is InChI=1S/C6H10N4OS/c1-12-3-2-4-8-6(5(7)11)10-9-4/h2-3H2,1H3,(H2,7,11)(H,8,9,10). The fourth-order valence-corrected chi connectivity index (χ4v) is 1.11. The smallest absolute Gasteiger partial charge is 0.288 e. The second kappa shape index (κ2) is 4.10. The molecule has 0 fully saturated rings. The summed E-state index contributed by atoms with van der Waals surface area (Å²) in [6.45, 7) is 0. The highest BCUT2D eigenvalue weighted by atomic mass is 32.2. The van der Waals surface area contributed by atoms with Gasteiger partial charge in [-0.2, -0.15) is 11.8 Å². The third-order valence-electron chi connectivity index (χ3n) is 1.30. The zero-order valence-corrected chi connectivity index (χ0v) is 7.52. The molecule has 5 nitrogen and oxygen atoms in total. The van der Waals surface area contributed by atoms with E-state index < -0.39 is 5.91 Å². The van der Waals surface area contributed by atoms with E-state index in [1.165, 1.54) is 0 Å². The lowest BCUT2D eigenvalue weighted by Crippen LogP contribution is -2.12. The quantitative estimate of drug-likeness (QED) is 0.682. The predicted octanol–water partition coefficient (Wildman–Crippen LogP) is -0.191. The third-order valence-corrected chi connectivity index (χ3v) is 1.91. The molecule has 0 radical (unpaired) electrons. The minimum absolute atomic E-state index is 0.0612. The summed E-state index contributed by atoms with van der Waals surface area (Å²) in [6, 6.07) is 0. The summed E-state index contributed by atoms with van der Waals surface area (Å²) in [5.41, 5.74) is 4.97. The van der Waals surface area contributed by atoms with Gasteiger partial charge in [-0.25, -0.2) is 4.98 Å². The second-order valence-corrected chi connectivity index (χ2v) is 3.20. The molecular weight excluding hydrogens is 176 g/mol. The number of aryl methyl sites for hydroxylation is 1. The molecule has 1 rings (SSSR count). The molecule has 1 aromatic heterocycles. The number of amides is 1. The van der Waals surface area contributed by atoms with Gasteiger partial charge >= 0.3 is 0 Å². The molecule has 66 valence electrons. The van der Waals surface area contributed by atoms with E-state index in [1.807, 2.05) is 6.26 Å². The van der Waals surface area contributed by atoms with Gasteiger partial charge in [0.05, 0.1) is 0 Å². The Morgan fingerprint density at radius 2 is 2.50 bits per heavy atom. The summed E-state index contributed by atoms with van der Waals surface area (Å²) >= 11 is 1.71. The lowest BCUT2D eigenvalue weighted by Gasteiger charge is -1.89. The molecule has 0 aliphatic carbocycles. The summed E-state index contributed by atoms with van der Waals surface area (Å²) in [5, 5.41) is 6.30. The van der Waals surface area contributed by atoms with Crippen molar-refractivity contribution in [3.05, 3.63) is 11.6 Å². The molecule has 0 unspecified atom stereocenters. The fourth-order valence-electron chi connectivity index (χ4n) is 0.716. The minimum atomic E-state index is -0.596. The number of primary amides is 1. The maximum atomic E-state index is 10.6. The van der Waals surface area contributed by atoms with Crippen molar-refractivity contribution in [3.63, 3.8) is 0 Å². The van der Waals surface area contributed by atoms with E-state index in [0.29, 0.717) is 5.82 Å². The van der Waals surface area contributed by atoms with Gasteiger partial charge in [-0.3, -0.25) is 9.89 Å². The summed E-state index contributed by atoms with van der Waals surface area (Å²) in [4.78, 5) is 14.5. The van der Waals surface area contributed by atoms with Crippen LogP contribution in [0.4, 0.5) is 0 Å². The minimum Gasteiger partial charge on any atom is -0.363 e. The van der Waals surface area contributed by atoms with Gasteiger partial charge in [-0.15, -0.1) is 5.10 Å². The van der Waals surface area contributed by atoms with Crippen LogP contribution in [0, 0.1) is 0 Å². The molecule has 1 aromatic rings. The van der Waals surface area contributed by atoms with Gasteiger partial charge in [-0.1, -0.05) is 0 Å². The summed E-state index contributed by atoms with van der Waals surface area (Å²) in [6.07, 6.45) is 2.78. The first kappa shape index (κ1) is 9.05. The van der Waals surface area contributed by atoms with E-state index in [2.05, 4.69) is 15.2 Å². The lowest BCUT2D eigenvalue weighted by atomic mass is 10.5. The molecule has 12 heavy (non-hydrogen) atoms. The third kappa shape index (κ3) is 2.23. The Labute approximate surface area is 74.1 Å². The van der Waals surface area contributed by atoms with Crippen LogP contribution >= 0.6 is 11.8 Å². The average Bonchev–Trinajstić information content (AvgIpc) is 2.48. The Morgan fingerprint density at radius 3 is 3.00 bits per heavy atom. The van der Waals surface area contributed by atoms with E-state index in [4.69, 9.17) is 5.73 Å². The monoisotopic (exact) mass is 186 g/mol. The molecule has 0 aliphatic rings. The van der Waals surface area contributed by atoms with E-state index in [0.717, 1.165) is 12.2 Å². The molecule has 0 spiro atoms. The number of carbonyl (C=O) groups excluding carboxylic acids is 1. The largest absolute Gasteiger partial charge is 0.363 e. The molecular formula is C6H10N4OS. The van der Waals surface area contributed by atoms with E-state index >= 15 is 0 Å². The van der Waals surface area contributed by atoms with Crippen LogP contribution in [0.3, 0.4) is 0 Å². The molecule has 3 N–H and O–H groups in total. The van der Waals surface area contributed by atoms with Crippen LogP contribution in [0.1, 0.15) is 16.4 Å². The maximum Gasteiger partial charge on any atom is 0.288 e. The Hall–Kier alpha value is -1.04. The van der Waals surface area contributed by atoms with Crippen LogP contribution in [0.5, 0.6) is 0 Å². The van der Waals surface area contributed by atoms with Crippen LogP contribution in [0.2, 0.25) is 0 Å². The Kier molecular flexibility index (Phi) is 3.09. The van der Waals surface area contributed by atoms with Crippen molar-refractivity contribution in [2.24, 2.45) is 5.73 Å². The van der Waals surface area contributed by atoms with Gasteiger partial charge < -0.3 is 5.73 Å². The molecule has 0 bridgehead atoms. The zero-order chi connectivity index (χ0) is 8.97. The van der Waals surface area contributed by atoms with Crippen LogP contribution in [-0.4, -0.2) is 33.1 Å². The van der Waals surface area contributed by atoms with Crippen LogP contribution in [0.25, 0.3) is 0 Å². The highest BCUT2D eigenvalue weighted by Crippen LogP contribution is 1.98. The van der Waals surface area contributed by atoms with Crippen molar-refractivity contribution < 1.29 is 4.79 Å². The molecule has 0 saturated carbocycles. The van der Waals surface area contributed by atoms with Crippen LogP contribution in [-0.2, 0) is 6.42 Å². The maximum absolute atomic E-state index is 10.6. The average molecular weight is 186 g/mol. The number of thioether (sulfide) groups is 1. The summed E-state index contributed by atoms with van der Waals surface area (Å²) in [5.74, 6) is 1.12. The van der Waals surface area contributed by atoms with Gasteiger partial charge in [0.15, 0.2) is 0 Å². The molecule has 6 heteroatoms. The SMILES string of the molecule is CSCCc1nc(C(N)=O)n[nH]1. The number of nitrogens with two attached hydrogens (primary N) is 1. The van der Waals surface area contributed by atoms with Crippen molar-refractivity contribution >= 4 is 17.7 Å². The fraction of sp³-hybridized carbons (Fsp3) is 0.500. The first-order chi connectivity index (χ1) is 5.74. The van der Waals surface area contributed by atoms with Crippen LogP contribution in [0.15, 0.2) is 0 Å². The number of H-pyrrole nitrogens is 1. The Morgan fingerprint density at radius 1 is 1.75 bits per heavy atom. The van der Waals surface area contributed by atoms with Crippen molar-refractivity contribution in [2.45, 2.75) is 6.42 Å². The van der Waals surface area contributed by atoms with E-state index in [9.17, 15) is 4.79 Å². The van der Waals surface area contributed by atoms with E-state index in [-0.39, 0.29) is 5.82 Å². The van der Waals surface area contributed by atoms with Crippen molar-refractivity contribution in [1.29, 1.82) is 0 Å². The first-order valence-electron chi connectivity index (χ1n) is 3.44. The van der Waals surface area contributed by atoms with Crippen molar-refractivity contribution in [2.75, 3.05) is 12.0 Å². The molecule has 0 saturated heterocycles. The Balaban J connectivity index is 2.58. The van der Waals surface area contributed by atoms with Crippen molar-refractivity contribution in [3.8, 4) is 0 Å². The highest BCUT2D eigenvalue weighted by molar-refractivity contribution is 7.98. The summed E-state index contributed by atoms with van der Waals surface area (Å²) < 4.78 is 0. The molecule has 0 aromatic carbocycles. The molecule has 1 amide bonds. The number of nitrogens with zero attached hydrogens (tertiary/aromatic N) is 2. The number of hydrogen-bond donors (Lipinski definition) is 2. The van der Waals surface area contributed by atoms with Gasteiger partial charge in [0.1, 0.15) is 5.82 Å². The van der Waals surface area contributed by atoms with Gasteiger partial charge in [0, 0.05) is 12.2 Å². The number of carbonyl (C=O) groups is 1. The normalized spacial score (nSPS) is 10.1. The lowest BCUT2D eigenvalue weighted by molar-refractivity contribution is 0.0991. The number of aromatic nitrogens is 3. The van der Waals surface area contributed by atoms with E-state index in [1.54, 1.807) is 11.8 Å². The van der Waals surface area contributed by atoms with Gasteiger partial charge in [0.25, 0.3) is 5.91 Å². The number of rotatable bonds is 4. The number of hydrogen-bond acceptors (Lipinski definition) is 4. The topological polar surface area (TPSA) is 84.7 Å². The molecule has 0 atom stereocenters.